The number of phenols is 1. The molecule has 1 aliphatic carbocycles. The number of aromatic hydroxyl groups is 1. The molecule has 180 valence electrons. The van der Waals surface area contributed by atoms with Gasteiger partial charge in [0.05, 0.1) is 11.9 Å². The van der Waals surface area contributed by atoms with E-state index in [0.717, 1.165) is 12.3 Å². The quantitative estimate of drug-likeness (QED) is 0.470. The maximum atomic E-state index is 14.7. The third-order valence-corrected chi connectivity index (χ3v) is 6.99. The van der Waals surface area contributed by atoms with Gasteiger partial charge in [0.25, 0.3) is 0 Å². The lowest BCUT2D eigenvalue weighted by Gasteiger charge is -2.30. The lowest BCUT2D eigenvalue weighted by Crippen LogP contribution is -2.35. The molecule has 1 saturated carbocycles. The van der Waals surface area contributed by atoms with Gasteiger partial charge in [0, 0.05) is 28.8 Å². The second-order valence-electron chi connectivity index (χ2n) is 8.75. The lowest BCUT2D eigenvalue weighted by atomic mass is 9.76. The first-order chi connectivity index (χ1) is 16.1. The standard InChI is InChI=1S/C24H25F2N3O4S/c1-34(32,33)29-16-7-9-24(13-16,21-8-10-27-22(14-30)28-21)12-15-5-6-19(25)18(11-15)17-3-2-4-20(26)23(17)31/h2-6,8,10-11,16,29-31H,7,9,12-14H2,1H3/t16-,24+/m0/s1. The molecule has 4 rings (SSSR count). The van der Waals surface area contributed by atoms with Crippen molar-refractivity contribution in [1.29, 1.82) is 0 Å². The molecular formula is C24H25F2N3O4S. The molecule has 7 nitrogen and oxygen atoms in total. The fourth-order valence-corrected chi connectivity index (χ4v) is 5.60. The van der Waals surface area contributed by atoms with Crippen LogP contribution in [0.2, 0.25) is 0 Å². The second kappa shape index (κ2) is 9.36. The number of nitrogens with one attached hydrogen (secondary N) is 1. The summed E-state index contributed by atoms with van der Waals surface area (Å²) in [4.78, 5) is 8.54. The van der Waals surface area contributed by atoms with Crippen LogP contribution in [0.15, 0.2) is 48.7 Å². The van der Waals surface area contributed by atoms with Crippen molar-refractivity contribution in [2.45, 2.75) is 43.7 Å². The zero-order valence-corrected chi connectivity index (χ0v) is 19.3. The number of phenolic OH excluding ortho intramolecular Hbond substituents is 1. The molecule has 0 bridgehead atoms. The van der Waals surface area contributed by atoms with Gasteiger partial charge < -0.3 is 10.2 Å². The Bertz CT molecular complexity index is 1320. The van der Waals surface area contributed by atoms with Gasteiger partial charge in [-0.2, -0.15) is 0 Å². The van der Waals surface area contributed by atoms with Gasteiger partial charge in [-0.1, -0.05) is 18.2 Å². The summed E-state index contributed by atoms with van der Waals surface area (Å²) in [5.41, 5.74) is 0.871. The first-order valence-electron chi connectivity index (χ1n) is 10.8. The SMILES string of the molecule is CS(=O)(=O)N[C@H]1CC[C@](Cc2ccc(F)c(-c3cccc(F)c3O)c2)(c2ccnc(CO)n2)C1. The summed E-state index contributed by atoms with van der Waals surface area (Å²) < 4.78 is 54.9. The Morgan fingerprint density at radius 2 is 1.94 bits per heavy atom. The van der Waals surface area contributed by atoms with Crippen molar-refractivity contribution in [2.24, 2.45) is 0 Å². The predicted octanol–water partition coefficient (Wildman–Crippen LogP) is 3.20. The van der Waals surface area contributed by atoms with Gasteiger partial charge in [0.1, 0.15) is 12.4 Å². The number of aromatic nitrogens is 2. The number of rotatable bonds is 7. The zero-order valence-electron chi connectivity index (χ0n) is 18.5. The van der Waals surface area contributed by atoms with Crippen molar-refractivity contribution < 1.29 is 27.4 Å². The molecule has 3 N–H and O–H groups in total. The molecule has 0 amide bonds. The number of nitrogens with zero attached hydrogens (tertiary/aromatic N) is 2. The van der Waals surface area contributed by atoms with Gasteiger partial charge in [-0.05, 0) is 55.5 Å². The van der Waals surface area contributed by atoms with E-state index in [4.69, 9.17) is 0 Å². The van der Waals surface area contributed by atoms with Gasteiger partial charge >= 0.3 is 0 Å². The molecule has 0 spiro atoms. The molecule has 0 aliphatic heterocycles. The molecule has 3 aromatic rings. The van der Waals surface area contributed by atoms with Crippen molar-refractivity contribution in [3.05, 3.63) is 77.4 Å². The van der Waals surface area contributed by atoms with Gasteiger partial charge in [-0.15, -0.1) is 0 Å². The average Bonchev–Trinajstić information content (AvgIpc) is 3.19. The maximum Gasteiger partial charge on any atom is 0.208 e. The molecule has 2 aromatic carbocycles. The summed E-state index contributed by atoms with van der Waals surface area (Å²) >= 11 is 0. The largest absolute Gasteiger partial charge is 0.504 e. The minimum Gasteiger partial charge on any atom is -0.504 e. The van der Waals surface area contributed by atoms with E-state index in [1.807, 2.05) is 0 Å². The van der Waals surface area contributed by atoms with Crippen LogP contribution >= 0.6 is 0 Å². The first kappa shape index (κ1) is 24.2. The van der Waals surface area contributed by atoms with Crippen molar-refractivity contribution in [1.82, 2.24) is 14.7 Å². The van der Waals surface area contributed by atoms with Crippen LogP contribution in [0.5, 0.6) is 5.75 Å². The highest BCUT2D eigenvalue weighted by molar-refractivity contribution is 7.88. The fourth-order valence-electron chi connectivity index (χ4n) is 4.80. The Morgan fingerprint density at radius 3 is 2.68 bits per heavy atom. The van der Waals surface area contributed by atoms with Crippen LogP contribution in [0.3, 0.4) is 0 Å². The summed E-state index contributed by atoms with van der Waals surface area (Å²) in [5.74, 6) is -1.83. The van der Waals surface area contributed by atoms with E-state index >= 15 is 0 Å². The molecular weight excluding hydrogens is 464 g/mol. The van der Waals surface area contributed by atoms with E-state index < -0.39 is 32.8 Å². The highest BCUT2D eigenvalue weighted by atomic mass is 32.2. The van der Waals surface area contributed by atoms with Gasteiger partial charge in [-0.25, -0.2) is 31.9 Å². The van der Waals surface area contributed by atoms with Crippen molar-refractivity contribution >= 4 is 10.0 Å². The summed E-state index contributed by atoms with van der Waals surface area (Å²) in [6.07, 6.45) is 4.66. The number of hydrogen-bond donors (Lipinski definition) is 3. The van der Waals surface area contributed by atoms with E-state index in [0.29, 0.717) is 36.9 Å². The van der Waals surface area contributed by atoms with Crippen LogP contribution in [0, 0.1) is 11.6 Å². The third-order valence-electron chi connectivity index (χ3n) is 6.23. The maximum absolute atomic E-state index is 14.7. The molecule has 1 aliphatic rings. The van der Waals surface area contributed by atoms with Crippen LogP contribution in [0.1, 0.15) is 36.3 Å². The molecule has 0 unspecified atom stereocenters. The van der Waals surface area contributed by atoms with E-state index in [9.17, 15) is 27.4 Å². The van der Waals surface area contributed by atoms with E-state index in [1.165, 1.54) is 18.2 Å². The number of hydrogen-bond acceptors (Lipinski definition) is 6. The van der Waals surface area contributed by atoms with Crippen LogP contribution in [0.25, 0.3) is 11.1 Å². The predicted molar refractivity (Wildman–Crippen MR) is 122 cm³/mol. The second-order valence-corrected chi connectivity index (χ2v) is 10.5. The van der Waals surface area contributed by atoms with Crippen molar-refractivity contribution in [3.63, 3.8) is 0 Å². The van der Waals surface area contributed by atoms with Crippen LogP contribution in [-0.4, -0.2) is 40.9 Å². The Morgan fingerprint density at radius 1 is 1.15 bits per heavy atom. The normalized spacial score (nSPS) is 20.5. The van der Waals surface area contributed by atoms with E-state index in [-0.39, 0.29) is 29.6 Å². The molecule has 1 aromatic heterocycles. The van der Waals surface area contributed by atoms with E-state index in [1.54, 1.807) is 24.4 Å². The summed E-state index contributed by atoms with van der Waals surface area (Å²) in [6.45, 7) is -0.339. The molecule has 1 fully saturated rings. The minimum atomic E-state index is -3.42. The average molecular weight is 490 g/mol. The Hall–Kier alpha value is -2.95. The monoisotopic (exact) mass is 489 g/mol. The van der Waals surface area contributed by atoms with Crippen molar-refractivity contribution in [3.8, 4) is 16.9 Å². The summed E-state index contributed by atoms with van der Waals surface area (Å²) in [5, 5.41) is 19.6. The Balaban J connectivity index is 1.75. The minimum absolute atomic E-state index is 0.0426. The number of benzene rings is 2. The number of aliphatic hydroxyl groups is 1. The molecule has 0 radical (unpaired) electrons. The van der Waals surface area contributed by atoms with Crippen LogP contribution < -0.4 is 4.72 Å². The van der Waals surface area contributed by atoms with Gasteiger partial charge in [-0.3, -0.25) is 0 Å². The number of para-hydroxylation sites is 1. The smallest absolute Gasteiger partial charge is 0.208 e. The zero-order chi connectivity index (χ0) is 24.5. The molecule has 10 heteroatoms. The Kier molecular flexibility index (Phi) is 6.66. The highest BCUT2D eigenvalue weighted by Gasteiger charge is 2.43. The first-order valence-corrected chi connectivity index (χ1v) is 12.7. The number of aliphatic hydroxyl groups excluding tert-OH is 1. The summed E-state index contributed by atoms with van der Waals surface area (Å²) in [7, 11) is -3.42. The highest BCUT2D eigenvalue weighted by Crippen LogP contribution is 2.44. The van der Waals surface area contributed by atoms with Crippen LogP contribution in [-0.2, 0) is 28.5 Å². The van der Waals surface area contributed by atoms with Crippen LogP contribution in [0.4, 0.5) is 8.78 Å². The molecule has 1 heterocycles. The lowest BCUT2D eigenvalue weighted by molar-refractivity contribution is 0.269. The molecule has 34 heavy (non-hydrogen) atoms. The molecule has 0 saturated heterocycles. The van der Waals surface area contributed by atoms with Gasteiger partial charge in [0.2, 0.25) is 10.0 Å². The van der Waals surface area contributed by atoms with Crippen molar-refractivity contribution in [2.75, 3.05) is 6.26 Å². The fraction of sp³-hybridized carbons (Fsp3) is 0.333. The van der Waals surface area contributed by atoms with Gasteiger partial charge in [0.15, 0.2) is 17.4 Å². The topological polar surface area (TPSA) is 112 Å². The van der Waals surface area contributed by atoms with E-state index in [2.05, 4.69) is 14.7 Å². The number of halogens is 2. The number of sulfonamides is 1. The molecule has 2 atom stereocenters. The third kappa shape index (κ3) is 5.08. The Labute approximate surface area is 196 Å². The summed E-state index contributed by atoms with van der Waals surface area (Å²) in [6, 6.07) is 9.81.